The summed E-state index contributed by atoms with van der Waals surface area (Å²) < 4.78 is 25.0. The predicted molar refractivity (Wildman–Crippen MR) is 121 cm³/mol. The summed E-state index contributed by atoms with van der Waals surface area (Å²) >= 11 is 3.43. The normalized spacial score (nSPS) is 12.0. The van der Waals surface area contributed by atoms with Crippen molar-refractivity contribution < 1.29 is 18.7 Å². The summed E-state index contributed by atoms with van der Waals surface area (Å²) in [5.41, 5.74) is 2.15. The van der Waals surface area contributed by atoms with E-state index in [0.717, 1.165) is 29.1 Å². The average Bonchev–Trinajstić information content (AvgIpc) is 2.77. The summed E-state index contributed by atoms with van der Waals surface area (Å²) in [6, 6.07) is 14.3. The largest absolute Gasteiger partial charge is 0.481 e. The Morgan fingerprint density at radius 3 is 2.73 bits per heavy atom. The second-order valence-corrected chi connectivity index (χ2v) is 7.75. The van der Waals surface area contributed by atoms with Gasteiger partial charge in [-0.25, -0.2) is 9.37 Å². The van der Waals surface area contributed by atoms with Crippen molar-refractivity contribution >= 4 is 32.7 Å². The highest BCUT2D eigenvalue weighted by molar-refractivity contribution is 9.09. The Kier molecular flexibility index (Phi) is 7.80. The number of benzene rings is 2. The molecule has 0 aliphatic heterocycles. The van der Waals surface area contributed by atoms with Crippen LogP contribution >= 0.6 is 15.9 Å². The minimum absolute atomic E-state index is 0.271. The third-order valence-corrected chi connectivity index (χ3v) is 5.59. The fourth-order valence-corrected chi connectivity index (χ4v) is 3.92. The number of halogens is 2. The number of carbonyl (C=O) groups is 1. The van der Waals surface area contributed by atoms with Gasteiger partial charge in [0.15, 0.2) is 0 Å². The van der Waals surface area contributed by atoms with Crippen LogP contribution in [0.5, 0.6) is 5.88 Å². The standard InChI is InChI=1S/C24H25BrFNO3/c1-3-30-24(28)19(8-4-5-14-25)18-12-13-22(27-23(18)29-2)17-11-10-16-7-6-9-21(26)20(16)15-17/h6-7,9-13,15,19H,3-5,8,14H2,1-2H3. The Labute approximate surface area is 184 Å². The van der Waals surface area contributed by atoms with Gasteiger partial charge < -0.3 is 9.47 Å². The van der Waals surface area contributed by atoms with Gasteiger partial charge in [0.05, 0.1) is 25.3 Å². The monoisotopic (exact) mass is 473 g/mol. The molecule has 6 heteroatoms. The van der Waals surface area contributed by atoms with Gasteiger partial charge in [-0.15, -0.1) is 0 Å². The average molecular weight is 474 g/mol. The molecule has 0 aliphatic carbocycles. The number of alkyl halides is 1. The third kappa shape index (κ3) is 4.98. The Hall–Kier alpha value is -2.47. The Balaban J connectivity index is 1.98. The number of aromatic nitrogens is 1. The molecule has 3 rings (SSSR count). The zero-order valence-corrected chi connectivity index (χ0v) is 18.7. The minimum atomic E-state index is -0.436. The zero-order chi connectivity index (χ0) is 21.5. The number of ether oxygens (including phenoxy) is 2. The van der Waals surface area contributed by atoms with Crippen LogP contribution in [0.4, 0.5) is 4.39 Å². The lowest BCUT2D eigenvalue weighted by molar-refractivity contribution is -0.145. The van der Waals surface area contributed by atoms with Crippen LogP contribution in [0.2, 0.25) is 0 Å². The topological polar surface area (TPSA) is 48.4 Å². The van der Waals surface area contributed by atoms with Crippen LogP contribution < -0.4 is 4.74 Å². The van der Waals surface area contributed by atoms with E-state index in [1.807, 2.05) is 30.3 Å². The number of esters is 1. The van der Waals surface area contributed by atoms with Crippen molar-refractivity contribution in [2.24, 2.45) is 0 Å². The number of unbranched alkanes of at least 4 members (excludes halogenated alkanes) is 1. The Morgan fingerprint density at radius 1 is 1.17 bits per heavy atom. The Morgan fingerprint density at radius 2 is 2.00 bits per heavy atom. The second-order valence-electron chi connectivity index (χ2n) is 6.96. The number of hydrogen-bond donors (Lipinski definition) is 0. The first-order valence-corrected chi connectivity index (χ1v) is 11.2. The first-order valence-electron chi connectivity index (χ1n) is 10.0. The third-order valence-electron chi connectivity index (χ3n) is 5.03. The number of rotatable bonds is 9. The SMILES string of the molecule is CCOC(=O)C(CCCCBr)c1ccc(-c2ccc3cccc(F)c3c2)nc1OC. The summed E-state index contributed by atoms with van der Waals surface area (Å²) in [5.74, 6) is -0.590. The van der Waals surface area contributed by atoms with Crippen LogP contribution in [0.15, 0.2) is 48.5 Å². The maximum absolute atomic E-state index is 14.2. The molecule has 0 saturated heterocycles. The highest BCUT2D eigenvalue weighted by Gasteiger charge is 2.26. The van der Waals surface area contributed by atoms with Crippen LogP contribution in [-0.2, 0) is 9.53 Å². The van der Waals surface area contributed by atoms with Crippen molar-refractivity contribution in [3.8, 4) is 17.1 Å². The first kappa shape index (κ1) is 22.2. The number of nitrogens with zero attached hydrogens (tertiary/aromatic N) is 1. The molecule has 1 unspecified atom stereocenters. The van der Waals surface area contributed by atoms with Gasteiger partial charge in [0.2, 0.25) is 5.88 Å². The maximum Gasteiger partial charge on any atom is 0.313 e. The Bertz CT molecular complexity index is 1020. The van der Waals surface area contributed by atoms with Gasteiger partial charge in [-0.05, 0) is 43.4 Å². The van der Waals surface area contributed by atoms with E-state index in [9.17, 15) is 9.18 Å². The first-order chi connectivity index (χ1) is 14.6. The summed E-state index contributed by atoms with van der Waals surface area (Å²) in [6.45, 7) is 2.12. The molecular weight excluding hydrogens is 449 g/mol. The molecule has 0 saturated carbocycles. The molecule has 30 heavy (non-hydrogen) atoms. The van der Waals surface area contributed by atoms with Crippen molar-refractivity contribution in [2.75, 3.05) is 19.0 Å². The summed E-state index contributed by atoms with van der Waals surface area (Å²) in [7, 11) is 1.54. The van der Waals surface area contributed by atoms with E-state index in [-0.39, 0.29) is 11.8 Å². The summed E-state index contributed by atoms with van der Waals surface area (Å²) in [4.78, 5) is 17.2. The molecule has 0 radical (unpaired) electrons. The highest BCUT2D eigenvalue weighted by Crippen LogP contribution is 2.33. The summed E-state index contributed by atoms with van der Waals surface area (Å²) in [5, 5.41) is 2.26. The van der Waals surface area contributed by atoms with Crippen molar-refractivity contribution in [3.63, 3.8) is 0 Å². The van der Waals surface area contributed by atoms with Crippen LogP contribution in [0.3, 0.4) is 0 Å². The quantitative estimate of drug-likeness (QED) is 0.209. The lowest BCUT2D eigenvalue weighted by Crippen LogP contribution is -2.17. The number of pyridine rings is 1. The van der Waals surface area contributed by atoms with Gasteiger partial charge in [-0.2, -0.15) is 0 Å². The minimum Gasteiger partial charge on any atom is -0.481 e. The number of methoxy groups -OCH3 is 1. The van der Waals surface area contributed by atoms with Crippen LogP contribution in [0.25, 0.3) is 22.0 Å². The van der Waals surface area contributed by atoms with Gasteiger partial charge in [-0.3, -0.25) is 4.79 Å². The van der Waals surface area contributed by atoms with E-state index in [0.29, 0.717) is 35.6 Å². The van der Waals surface area contributed by atoms with Gasteiger partial charge in [0.25, 0.3) is 0 Å². The zero-order valence-electron chi connectivity index (χ0n) is 17.2. The molecule has 0 spiro atoms. The molecule has 0 fully saturated rings. The van der Waals surface area contributed by atoms with Crippen LogP contribution in [0.1, 0.15) is 37.7 Å². The van der Waals surface area contributed by atoms with Crippen molar-refractivity contribution in [1.29, 1.82) is 0 Å². The fraction of sp³-hybridized carbons (Fsp3) is 0.333. The molecule has 1 heterocycles. The van der Waals surface area contributed by atoms with E-state index < -0.39 is 5.92 Å². The van der Waals surface area contributed by atoms with Crippen LogP contribution in [0, 0.1) is 5.82 Å². The predicted octanol–water partition coefficient (Wildman–Crippen LogP) is 6.26. The van der Waals surface area contributed by atoms with Crippen molar-refractivity contribution in [3.05, 3.63) is 59.9 Å². The van der Waals surface area contributed by atoms with E-state index in [1.54, 1.807) is 19.1 Å². The maximum atomic E-state index is 14.2. The lowest BCUT2D eigenvalue weighted by Gasteiger charge is -2.18. The molecule has 158 valence electrons. The number of carbonyl (C=O) groups excluding carboxylic acids is 1. The fourth-order valence-electron chi connectivity index (χ4n) is 3.52. The molecule has 0 bridgehead atoms. The van der Waals surface area contributed by atoms with Gasteiger partial charge in [0.1, 0.15) is 5.82 Å². The van der Waals surface area contributed by atoms with E-state index in [1.165, 1.54) is 13.2 Å². The molecule has 1 atom stereocenters. The smallest absolute Gasteiger partial charge is 0.313 e. The molecule has 0 amide bonds. The lowest BCUT2D eigenvalue weighted by atomic mass is 9.93. The molecule has 0 aliphatic rings. The second kappa shape index (κ2) is 10.5. The van der Waals surface area contributed by atoms with Gasteiger partial charge in [0, 0.05) is 21.8 Å². The van der Waals surface area contributed by atoms with Gasteiger partial charge in [-0.1, -0.05) is 52.7 Å². The van der Waals surface area contributed by atoms with E-state index in [4.69, 9.17) is 9.47 Å². The highest BCUT2D eigenvalue weighted by atomic mass is 79.9. The number of fused-ring (bicyclic) bond motifs is 1. The molecule has 4 nitrogen and oxygen atoms in total. The van der Waals surface area contributed by atoms with Crippen molar-refractivity contribution in [1.82, 2.24) is 4.98 Å². The van der Waals surface area contributed by atoms with Crippen molar-refractivity contribution in [2.45, 2.75) is 32.1 Å². The molecular formula is C24H25BrFNO3. The van der Waals surface area contributed by atoms with Crippen LogP contribution in [-0.4, -0.2) is 30.0 Å². The van der Waals surface area contributed by atoms with Gasteiger partial charge >= 0.3 is 5.97 Å². The molecule has 0 N–H and O–H groups in total. The molecule has 3 aromatic rings. The summed E-state index contributed by atoms with van der Waals surface area (Å²) in [6.07, 6.45) is 2.50. The number of hydrogen-bond acceptors (Lipinski definition) is 4. The van der Waals surface area contributed by atoms with E-state index in [2.05, 4.69) is 20.9 Å². The van der Waals surface area contributed by atoms with E-state index >= 15 is 0 Å². The molecule has 1 aromatic heterocycles. The molecule has 2 aromatic carbocycles.